The van der Waals surface area contributed by atoms with Crippen molar-refractivity contribution in [2.45, 2.75) is 45.7 Å². The monoisotopic (exact) mass is 263 g/mol. The van der Waals surface area contributed by atoms with Crippen molar-refractivity contribution in [1.29, 1.82) is 0 Å². The van der Waals surface area contributed by atoms with Gasteiger partial charge >= 0.3 is 6.09 Å². The van der Waals surface area contributed by atoms with E-state index in [9.17, 15) is 13.2 Å². The summed E-state index contributed by atoms with van der Waals surface area (Å²) in [6.07, 6.45) is 0.907. The summed E-state index contributed by atoms with van der Waals surface area (Å²) in [6.45, 7) is 5.95. The number of hydrogen-bond donors (Lipinski definition) is 0. The largest absolute Gasteiger partial charge is 0.450 e. The minimum absolute atomic E-state index is 0.00681. The van der Waals surface area contributed by atoms with E-state index >= 15 is 0 Å². The molecule has 1 heterocycles. The fourth-order valence-electron chi connectivity index (χ4n) is 2.08. The molecule has 0 N–H and O–H groups in total. The van der Waals surface area contributed by atoms with Gasteiger partial charge in [0.1, 0.15) is 0 Å². The van der Waals surface area contributed by atoms with Crippen molar-refractivity contribution in [1.82, 2.24) is 4.90 Å². The van der Waals surface area contributed by atoms with Crippen LogP contribution in [0.1, 0.15) is 33.6 Å². The van der Waals surface area contributed by atoms with E-state index in [1.54, 1.807) is 11.8 Å². The molecule has 0 unspecified atom stereocenters. The lowest BCUT2D eigenvalue weighted by Crippen LogP contribution is -2.46. The van der Waals surface area contributed by atoms with E-state index in [4.69, 9.17) is 4.74 Å². The van der Waals surface area contributed by atoms with E-state index in [0.717, 1.165) is 6.42 Å². The van der Waals surface area contributed by atoms with Crippen LogP contribution in [0.25, 0.3) is 0 Å². The van der Waals surface area contributed by atoms with Crippen molar-refractivity contribution >= 4 is 15.9 Å². The van der Waals surface area contributed by atoms with Crippen LogP contribution < -0.4 is 0 Å². The third kappa shape index (κ3) is 3.59. The Bertz CT molecular complexity index is 366. The number of sulfone groups is 1. The Balaban J connectivity index is 2.80. The zero-order valence-electron chi connectivity index (χ0n) is 10.7. The summed E-state index contributed by atoms with van der Waals surface area (Å²) in [6, 6.07) is -0.221. The van der Waals surface area contributed by atoms with E-state index in [2.05, 4.69) is 0 Å². The first-order valence-corrected chi connectivity index (χ1v) is 7.89. The zero-order chi connectivity index (χ0) is 13.1. The molecule has 0 aromatic heterocycles. The van der Waals surface area contributed by atoms with Crippen LogP contribution in [0.4, 0.5) is 4.79 Å². The van der Waals surface area contributed by atoms with Gasteiger partial charge in [-0.15, -0.1) is 0 Å². The second-order valence-corrected chi connectivity index (χ2v) is 6.65. The molecule has 0 aromatic carbocycles. The second kappa shape index (κ2) is 5.71. The number of carbonyl (C=O) groups excluding carboxylic acids is 1. The van der Waals surface area contributed by atoms with Gasteiger partial charge in [-0.25, -0.2) is 13.2 Å². The van der Waals surface area contributed by atoms with Crippen LogP contribution in [0.2, 0.25) is 0 Å². The van der Waals surface area contributed by atoms with E-state index in [0.29, 0.717) is 13.0 Å². The predicted octanol–water partition coefficient (Wildman–Crippen LogP) is 1.43. The number of amides is 1. The lowest BCUT2D eigenvalue weighted by Gasteiger charge is -2.32. The molecule has 1 fully saturated rings. The molecule has 0 bridgehead atoms. The predicted molar refractivity (Wildman–Crippen MR) is 65.7 cm³/mol. The first-order valence-electron chi connectivity index (χ1n) is 6.06. The highest BCUT2D eigenvalue weighted by atomic mass is 32.2. The maximum Gasteiger partial charge on any atom is 0.410 e. The highest BCUT2D eigenvalue weighted by Gasteiger charge is 2.37. The quantitative estimate of drug-likeness (QED) is 0.769. The number of hydrogen-bond acceptors (Lipinski definition) is 4. The number of carbonyl (C=O) groups is 1. The third-order valence-electron chi connectivity index (χ3n) is 3.15. The molecule has 0 aliphatic carbocycles. The molecular formula is C11H21NO4S. The lowest BCUT2D eigenvalue weighted by molar-refractivity contribution is 0.0766. The molecule has 0 spiro atoms. The summed E-state index contributed by atoms with van der Waals surface area (Å²) in [4.78, 5) is 13.4. The topological polar surface area (TPSA) is 63.7 Å². The summed E-state index contributed by atoms with van der Waals surface area (Å²) in [7, 11) is -2.98. The molecule has 2 atom stereocenters. The first kappa shape index (κ1) is 14.3. The number of ether oxygens (including phenoxy) is 1. The lowest BCUT2D eigenvalue weighted by atomic mass is 10.1. The summed E-state index contributed by atoms with van der Waals surface area (Å²) in [5.74, 6) is 0.236. The first-order chi connectivity index (χ1) is 7.91. The average molecular weight is 263 g/mol. The summed E-state index contributed by atoms with van der Waals surface area (Å²) < 4.78 is 27.9. The molecule has 5 nitrogen and oxygen atoms in total. The number of rotatable bonds is 4. The summed E-state index contributed by atoms with van der Waals surface area (Å²) in [5, 5.41) is 0. The Hall–Kier alpha value is -0.780. The summed E-state index contributed by atoms with van der Waals surface area (Å²) in [5.41, 5.74) is 0. The molecule has 1 rings (SSSR count). The van der Waals surface area contributed by atoms with Crippen LogP contribution >= 0.6 is 0 Å². The van der Waals surface area contributed by atoms with Crippen molar-refractivity contribution in [2.24, 2.45) is 0 Å². The van der Waals surface area contributed by atoms with Crippen molar-refractivity contribution in [3.63, 3.8) is 0 Å². The molecule has 1 amide bonds. The Morgan fingerprint density at radius 1 is 1.47 bits per heavy atom. The summed E-state index contributed by atoms with van der Waals surface area (Å²) >= 11 is 0. The molecule has 6 heteroatoms. The average Bonchev–Trinajstić information content (AvgIpc) is 2.59. The van der Waals surface area contributed by atoms with Gasteiger partial charge in [0, 0.05) is 6.04 Å². The van der Waals surface area contributed by atoms with Crippen molar-refractivity contribution in [3.8, 4) is 0 Å². The van der Waals surface area contributed by atoms with Gasteiger partial charge in [-0.05, 0) is 26.7 Å². The van der Waals surface area contributed by atoms with E-state index in [1.807, 2.05) is 13.8 Å². The van der Waals surface area contributed by atoms with Gasteiger partial charge in [-0.2, -0.15) is 0 Å². The van der Waals surface area contributed by atoms with E-state index < -0.39 is 15.9 Å². The Morgan fingerprint density at radius 3 is 2.53 bits per heavy atom. The molecule has 1 aliphatic heterocycles. The highest BCUT2D eigenvalue weighted by Crippen LogP contribution is 2.21. The normalized spacial score (nSPS) is 24.3. The Labute approximate surface area is 103 Å². The van der Waals surface area contributed by atoms with Crippen LogP contribution in [0.3, 0.4) is 0 Å². The molecule has 0 radical (unpaired) electrons. The molecule has 0 saturated carbocycles. The van der Waals surface area contributed by atoms with Crippen LogP contribution in [0.15, 0.2) is 0 Å². The molecule has 17 heavy (non-hydrogen) atoms. The SMILES string of the molecule is CCOC(=O)N([C@H]1CCS(=O)(=O)C1)[C@@H](C)CC. The fourth-order valence-corrected chi connectivity index (χ4v) is 3.79. The van der Waals surface area contributed by atoms with E-state index in [1.165, 1.54) is 0 Å². The molecular weight excluding hydrogens is 242 g/mol. The smallest absolute Gasteiger partial charge is 0.410 e. The minimum atomic E-state index is -2.98. The second-order valence-electron chi connectivity index (χ2n) is 4.42. The van der Waals surface area contributed by atoms with Gasteiger partial charge in [-0.1, -0.05) is 6.92 Å². The molecule has 100 valence electrons. The van der Waals surface area contributed by atoms with Crippen LogP contribution in [-0.4, -0.2) is 49.6 Å². The van der Waals surface area contributed by atoms with Crippen molar-refractivity contribution < 1.29 is 17.9 Å². The fraction of sp³-hybridized carbons (Fsp3) is 0.909. The van der Waals surface area contributed by atoms with Gasteiger partial charge in [0.15, 0.2) is 9.84 Å². The highest BCUT2D eigenvalue weighted by molar-refractivity contribution is 7.91. The Morgan fingerprint density at radius 2 is 2.12 bits per heavy atom. The minimum Gasteiger partial charge on any atom is -0.450 e. The van der Waals surface area contributed by atoms with Crippen LogP contribution in [0.5, 0.6) is 0 Å². The molecule has 0 aromatic rings. The van der Waals surface area contributed by atoms with Gasteiger partial charge < -0.3 is 9.64 Å². The van der Waals surface area contributed by atoms with Gasteiger partial charge in [-0.3, -0.25) is 0 Å². The standard InChI is InChI=1S/C11H21NO4S/c1-4-9(3)12(11(13)16-5-2)10-6-7-17(14,15)8-10/h9-10H,4-8H2,1-3H3/t9-,10-/m0/s1. The zero-order valence-corrected chi connectivity index (χ0v) is 11.5. The van der Waals surface area contributed by atoms with Gasteiger partial charge in [0.2, 0.25) is 0 Å². The maximum absolute atomic E-state index is 11.9. The molecule has 1 aliphatic rings. The van der Waals surface area contributed by atoms with Gasteiger partial charge in [0.05, 0.1) is 24.2 Å². The molecule has 1 saturated heterocycles. The Kier molecular flexibility index (Phi) is 4.80. The van der Waals surface area contributed by atoms with Crippen molar-refractivity contribution in [3.05, 3.63) is 0 Å². The van der Waals surface area contributed by atoms with Crippen LogP contribution in [-0.2, 0) is 14.6 Å². The third-order valence-corrected chi connectivity index (χ3v) is 4.90. The van der Waals surface area contributed by atoms with E-state index in [-0.39, 0.29) is 23.6 Å². The van der Waals surface area contributed by atoms with Gasteiger partial charge in [0.25, 0.3) is 0 Å². The van der Waals surface area contributed by atoms with Crippen LogP contribution in [0, 0.1) is 0 Å². The van der Waals surface area contributed by atoms with Crippen molar-refractivity contribution in [2.75, 3.05) is 18.1 Å². The number of nitrogens with zero attached hydrogens (tertiary/aromatic N) is 1. The maximum atomic E-state index is 11.9.